The molecule has 0 bridgehead atoms. The topological polar surface area (TPSA) is 49.9 Å². The summed E-state index contributed by atoms with van der Waals surface area (Å²) in [6, 6.07) is 0. The fraction of sp³-hybridized carbons (Fsp3) is 0.615. The van der Waals surface area contributed by atoms with Crippen molar-refractivity contribution in [1.82, 2.24) is 0 Å². The fourth-order valence-electron chi connectivity index (χ4n) is 2.52. The Labute approximate surface area is 92.4 Å². The van der Waals surface area contributed by atoms with Gasteiger partial charge in [0.1, 0.15) is 0 Å². The molecular weight excluding hydrogens is 184 g/mol. The molecule has 0 saturated heterocycles. The van der Waals surface area contributed by atoms with Gasteiger partial charge in [0, 0.05) is 5.41 Å². The zero-order chi connectivity index (χ0) is 11.5. The van der Waals surface area contributed by atoms with E-state index < -0.39 is 0 Å². The largest absolute Gasteiger partial charge is 0.387 e. The monoisotopic (exact) mass is 204 g/mol. The van der Waals surface area contributed by atoms with Crippen LogP contribution in [0.4, 0.5) is 0 Å². The van der Waals surface area contributed by atoms with Gasteiger partial charge in [-0.05, 0) is 19.3 Å². The Morgan fingerprint density at radius 3 is 2.73 bits per heavy atom. The number of hydrogen-bond acceptors (Lipinski definition) is 1. The van der Waals surface area contributed by atoms with Gasteiger partial charge in [0.2, 0.25) is 0 Å². The van der Waals surface area contributed by atoms with Gasteiger partial charge < -0.3 is 5.73 Å². The molecule has 0 aromatic heterocycles. The molecule has 3 N–H and O–H groups in total. The van der Waals surface area contributed by atoms with Crippen LogP contribution in [0.2, 0.25) is 0 Å². The number of nitrogens with one attached hydrogen (secondary N) is 1. The molecule has 0 fully saturated rings. The molecular formula is C13H20N2. The van der Waals surface area contributed by atoms with Crippen molar-refractivity contribution in [1.29, 1.82) is 5.41 Å². The van der Waals surface area contributed by atoms with Gasteiger partial charge in [-0.15, -0.1) is 6.42 Å². The van der Waals surface area contributed by atoms with Crippen molar-refractivity contribution in [2.45, 2.75) is 39.5 Å². The molecule has 0 saturated carbocycles. The predicted octanol–water partition coefficient (Wildman–Crippen LogP) is 2.70. The van der Waals surface area contributed by atoms with E-state index in [-0.39, 0.29) is 16.7 Å². The minimum atomic E-state index is -0.385. The van der Waals surface area contributed by atoms with Gasteiger partial charge in [0.05, 0.1) is 11.3 Å². The van der Waals surface area contributed by atoms with Crippen molar-refractivity contribution in [3.05, 3.63) is 12.2 Å². The van der Waals surface area contributed by atoms with Crippen molar-refractivity contribution < 1.29 is 0 Å². The van der Waals surface area contributed by atoms with Crippen LogP contribution in [0, 0.1) is 28.6 Å². The van der Waals surface area contributed by atoms with Crippen LogP contribution in [-0.2, 0) is 0 Å². The second-order valence-electron chi connectivity index (χ2n) is 4.55. The summed E-state index contributed by atoms with van der Waals surface area (Å²) in [4.78, 5) is 0. The summed E-state index contributed by atoms with van der Waals surface area (Å²) in [6.45, 7) is 4.12. The zero-order valence-corrected chi connectivity index (χ0v) is 9.64. The SMILES string of the molecule is C#CC1(C(C)(CCC)C(=N)N)C=CCC1. The highest BCUT2D eigenvalue weighted by Gasteiger charge is 2.48. The first-order chi connectivity index (χ1) is 7.02. The van der Waals surface area contributed by atoms with Crippen molar-refractivity contribution >= 4 is 5.84 Å². The molecule has 1 aliphatic rings. The Balaban J connectivity index is 3.13. The number of amidine groups is 1. The van der Waals surface area contributed by atoms with E-state index in [1.807, 2.05) is 6.92 Å². The lowest BCUT2D eigenvalue weighted by molar-refractivity contribution is 0.231. The molecule has 2 unspecified atom stereocenters. The Hall–Kier alpha value is -1.23. The Kier molecular flexibility index (Phi) is 3.24. The van der Waals surface area contributed by atoms with Crippen molar-refractivity contribution in [3.8, 4) is 12.3 Å². The van der Waals surface area contributed by atoms with E-state index in [1.165, 1.54) is 0 Å². The molecule has 1 aliphatic carbocycles. The molecule has 0 spiro atoms. The summed E-state index contributed by atoms with van der Waals surface area (Å²) in [5, 5.41) is 7.79. The summed E-state index contributed by atoms with van der Waals surface area (Å²) in [6.07, 6.45) is 13.6. The Morgan fingerprint density at radius 1 is 1.73 bits per heavy atom. The maximum Gasteiger partial charge on any atom is 0.0984 e. The average molecular weight is 204 g/mol. The number of hydrogen-bond donors (Lipinski definition) is 2. The second kappa shape index (κ2) is 4.10. The maximum absolute atomic E-state index is 7.79. The minimum absolute atomic E-state index is 0.217. The first-order valence-corrected chi connectivity index (χ1v) is 5.52. The highest BCUT2D eigenvalue weighted by molar-refractivity contribution is 5.85. The molecule has 0 heterocycles. The molecule has 15 heavy (non-hydrogen) atoms. The summed E-state index contributed by atoms with van der Waals surface area (Å²) in [5.41, 5.74) is 5.03. The first kappa shape index (κ1) is 11.8. The van der Waals surface area contributed by atoms with Crippen LogP contribution in [-0.4, -0.2) is 5.84 Å². The van der Waals surface area contributed by atoms with Crippen LogP contribution in [0.5, 0.6) is 0 Å². The van der Waals surface area contributed by atoms with E-state index in [0.29, 0.717) is 0 Å². The summed E-state index contributed by atoms with van der Waals surface area (Å²) in [5.74, 6) is 3.09. The summed E-state index contributed by atoms with van der Waals surface area (Å²) < 4.78 is 0. The lowest BCUT2D eigenvalue weighted by Gasteiger charge is -2.41. The van der Waals surface area contributed by atoms with Crippen LogP contribution in [0.15, 0.2) is 12.2 Å². The molecule has 0 radical (unpaired) electrons. The third-order valence-electron chi connectivity index (χ3n) is 3.69. The highest BCUT2D eigenvalue weighted by Crippen LogP contribution is 2.49. The standard InChI is InChI=1S/C13H20N2/c1-4-8-12(3,11(14)15)13(5-2)9-6-7-10-13/h2,6,9H,4,7-8,10H2,1,3H3,(H3,14,15). The molecule has 2 nitrogen and oxygen atoms in total. The van der Waals surface area contributed by atoms with Crippen molar-refractivity contribution in [3.63, 3.8) is 0 Å². The zero-order valence-electron chi connectivity index (χ0n) is 9.64. The third kappa shape index (κ3) is 1.67. The molecule has 2 atom stereocenters. The first-order valence-electron chi connectivity index (χ1n) is 5.52. The third-order valence-corrected chi connectivity index (χ3v) is 3.69. The molecule has 82 valence electrons. The van der Waals surface area contributed by atoms with Gasteiger partial charge in [-0.3, -0.25) is 5.41 Å². The number of rotatable bonds is 4. The molecule has 0 aromatic carbocycles. The van der Waals surface area contributed by atoms with E-state index in [9.17, 15) is 0 Å². The van der Waals surface area contributed by atoms with Gasteiger partial charge in [-0.1, -0.05) is 38.3 Å². The molecule has 0 aliphatic heterocycles. The van der Waals surface area contributed by atoms with Crippen molar-refractivity contribution in [2.24, 2.45) is 16.6 Å². The smallest absolute Gasteiger partial charge is 0.0984 e. The highest BCUT2D eigenvalue weighted by atomic mass is 14.8. The van der Waals surface area contributed by atoms with Gasteiger partial charge >= 0.3 is 0 Å². The molecule has 0 aromatic rings. The lowest BCUT2D eigenvalue weighted by Crippen LogP contribution is -2.46. The Bertz CT molecular complexity index is 324. The Morgan fingerprint density at radius 2 is 2.40 bits per heavy atom. The minimum Gasteiger partial charge on any atom is -0.387 e. The van der Waals surface area contributed by atoms with E-state index in [1.54, 1.807) is 0 Å². The average Bonchev–Trinajstić information content (AvgIpc) is 2.67. The van der Waals surface area contributed by atoms with Crippen LogP contribution in [0.1, 0.15) is 39.5 Å². The second-order valence-corrected chi connectivity index (χ2v) is 4.55. The van der Waals surface area contributed by atoms with Gasteiger partial charge in [0.15, 0.2) is 0 Å². The van der Waals surface area contributed by atoms with E-state index in [4.69, 9.17) is 17.6 Å². The molecule has 0 amide bonds. The number of allylic oxidation sites excluding steroid dienone is 2. The van der Waals surface area contributed by atoms with Crippen molar-refractivity contribution in [2.75, 3.05) is 0 Å². The number of nitrogens with two attached hydrogens (primary N) is 1. The summed E-state index contributed by atoms with van der Waals surface area (Å²) in [7, 11) is 0. The van der Waals surface area contributed by atoms with Gasteiger partial charge in [-0.25, -0.2) is 0 Å². The lowest BCUT2D eigenvalue weighted by atomic mass is 9.61. The quantitative estimate of drug-likeness (QED) is 0.314. The van der Waals surface area contributed by atoms with E-state index in [0.717, 1.165) is 25.7 Å². The van der Waals surface area contributed by atoms with Crippen LogP contribution in [0.3, 0.4) is 0 Å². The molecule has 2 heteroatoms. The predicted molar refractivity (Wildman–Crippen MR) is 64.6 cm³/mol. The van der Waals surface area contributed by atoms with Gasteiger partial charge in [-0.2, -0.15) is 0 Å². The fourth-order valence-corrected chi connectivity index (χ4v) is 2.52. The summed E-state index contributed by atoms with van der Waals surface area (Å²) >= 11 is 0. The van der Waals surface area contributed by atoms with Gasteiger partial charge in [0.25, 0.3) is 0 Å². The van der Waals surface area contributed by atoms with Crippen LogP contribution in [0.25, 0.3) is 0 Å². The van der Waals surface area contributed by atoms with Crippen LogP contribution >= 0.6 is 0 Å². The van der Waals surface area contributed by atoms with E-state index in [2.05, 4.69) is 25.0 Å². The normalized spacial score (nSPS) is 28.3. The maximum atomic E-state index is 7.79. The van der Waals surface area contributed by atoms with E-state index >= 15 is 0 Å². The van der Waals surface area contributed by atoms with Crippen LogP contribution < -0.4 is 5.73 Å². The molecule has 1 rings (SSSR count). The number of terminal acetylenes is 1.